The van der Waals surface area contributed by atoms with E-state index in [1.165, 1.54) is 17.7 Å². The van der Waals surface area contributed by atoms with Crippen molar-refractivity contribution in [1.82, 2.24) is 9.91 Å². The van der Waals surface area contributed by atoms with Gasteiger partial charge < -0.3 is 9.47 Å². The van der Waals surface area contributed by atoms with E-state index < -0.39 is 0 Å². The largest absolute Gasteiger partial charge is 0.454 e. The molecule has 1 fully saturated rings. The molecule has 3 aromatic rings. The standard InChI is InChI=1S/C30H30FN3O3/c31-25-8-4-7-23(16-25)26-18-27(24-9-10-28-29(17-24)37-20-36-28)34(32-26)30(35)19-33-13-11-22(12-14-33)15-21-5-2-1-3-6-21/h1-10,16-17,22,27H,11-15,18-20H2. The first kappa shape index (κ1) is 23.7. The molecule has 37 heavy (non-hydrogen) atoms. The molecule has 0 radical (unpaired) electrons. The van der Waals surface area contributed by atoms with Crippen LogP contribution in [0.2, 0.25) is 0 Å². The van der Waals surface area contributed by atoms with E-state index in [1.54, 1.807) is 11.1 Å². The highest BCUT2D eigenvalue weighted by molar-refractivity contribution is 6.03. The van der Waals surface area contributed by atoms with Gasteiger partial charge in [-0.2, -0.15) is 5.10 Å². The number of carbonyl (C=O) groups is 1. The Kier molecular flexibility index (Phi) is 6.62. The number of fused-ring (bicyclic) bond motifs is 1. The molecule has 190 valence electrons. The van der Waals surface area contributed by atoms with Crippen molar-refractivity contribution in [1.29, 1.82) is 0 Å². The van der Waals surface area contributed by atoms with Crippen LogP contribution in [0.3, 0.4) is 0 Å². The van der Waals surface area contributed by atoms with Crippen LogP contribution >= 0.6 is 0 Å². The third-order valence-electron chi connectivity index (χ3n) is 7.54. The first-order chi connectivity index (χ1) is 18.1. The van der Waals surface area contributed by atoms with Gasteiger partial charge in [0.15, 0.2) is 11.5 Å². The number of ether oxygens (including phenoxy) is 2. The van der Waals surface area contributed by atoms with Gasteiger partial charge in [0.25, 0.3) is 5.91 Å². The maximum atomic E-state index is 14.0. The van der Waals surface area contributed by atoms with Crippen LogP contribution in [0.25, 0.3) is 0 Å². The molecule has 7 heteroatoms. The van der Waals surface area contributed by atoms with Crippen molar-refractivity contribution < 1.29 is 18.7 Å². The average molecular weight is 500 g/mol. The Morgan fingerprint density at radius 2 is 1.76 bits per heavy atom. The Morgan fingerprint density at radius 1 is 0.946 bits per heavy atom. The summed E-state index contributed by atoms with van der Waals surface area (Å²) in [6.45, 7) is 2.30. The van der Waals surface area contributed by atoms with Crippen LogP contribution in [-0.2, 0) is 11.2 Å². The number of hydrogen-bond acceptors (Lipinski definition) is 5. The summed E-state index contributed by atoms with van der Waals surface area (Å²) in [5, 5.41) is 6.31. The summed E-state index contributed by atoms with van der Waals surface area (Å²) in [6, 6.07) is 22.5. The number of rotatable bonds is 6. The molecular weight excluding hydrogens is 469 g/mol. The van der Waals surface area contributed by atoms with Crippen molar-refractivity contribution in [2.24, 2.45) is 11.0 Å². The van der Waals surface area contributed by atoms with Gasteiger partial charge in [0.2, 0.25) is 6.79 Å². The smallest absolute Gasteiger partial charge is 0.257 e. The summed E-state index contributed by atoms with van der Waals surface area (Å²) in [5.74, 6) is 1.65. The maximum absolute atomic E-state index is 14.0. The van der Waals surface area contributed by atoms with Crippen LogP contribution in [0.4, 0.5) is 4.39 Å². The van der Waals surface area contributed by atoms with E-state index in [0.29, 0.717) is 41.7 Å². The first-order valence-corrected chi connectivity index (χ1v) is 12.9. The number of hydrogen-bond donors (Lipinski definition) is 0. The number of piperidine rings is 1. The van der Waals surface area contributed by atoms with Gasteiger partial charge in [0, 0.05) is 12.0 Å². The molecule has 0 aromatic heterocycles. The lowest BCUT2D eigenvalue weighted by molar-refractivity contribution is -0.134. The Bertz CT molecular complexity index is 1300. The topological polar surface area (TPSA) is 54.4 Å². The predicted octanol–water partition coefficient (Wildman–Crippen LogP) is 5.19. The SMILES string of the molecule is O=C(CN1CCC(Cc2ccccc2)CC1)N1N=C(c2cccc(F)c2)CC1c1ccc2c(c1)OCO2. The van der Waals surface area contributed by atoms with Crippen LogP contribution < -0.4 is 9.47 Å². The molecule has 3 heterocycles. The molecule has 1 atom stereocenters. The Balaban J connectivity index is 1.16. The van der Waals surface area contributed by atoms with E-state index in [1.807, 2.05) is 24.3 Å². The third-order valence-corrected chi connectivity index (χ3v) is 7.54. The van der Waals surface area contributed by atoms with Crippen molar-refractivity contribution in [2.75, 3.05) is 26.4 Å². The first-order valence-electron chi connectivity index (χ1n) is 12.9. The zero-order valence-corrected chi connectivity index (χ0v) is 20.7. The predicted molar refractivity (Wildman–Crippen MR) is 139 cm³/mol. The minimum atomic E-state index is -0.317. The fourth-order valence-electron chi connectivity index (χ4n) is 5.52. The van der Waals surface area contributed by atoms with Gasteiger partial charge in [-0.3, -0.25) is 9.69 Å². The fourth-order valence-corrected chi connectivity index (χ4v) is 5.52. The van der Waals surface area contributed by atoms with E-state index in [0.717, 1.165) is 37.9 Å². The maximum Gasteiger partial charge on any atom is 0.257 e. The number of nitrogens with zero attached hydrogens (tertiary/aromatic N) is 3. The second-order valence-electron chi connectivity index (χ2n) is 10.0. The molecule has 0 bridgehead atoms. The van der Waals surface area contributed by atoms with Crippen LogP contribution in [0.5, 0.6) is 11.5 Å². The van der Waals surface area contributed by atoms with E-state index in [9.17, 15) is 9.18 Å². The molecule has 3 aliphatic rings. The normalized spacial score (nSPS) is 19.8. The van der Waals surface area contributed by atoms with E-state index >= 15 is 0 Å². The number of carbonyl (C=O) groups excluding carboxylic acids is 1. The van der Waals surface area contributed by atoms with Crippen LogP contribution in [0.15, 0.2) is 77.9 Å². The minimum absolute atomic E-state index is 0.0458. The van der Waals surface area contributed by atoms with Crippen LogP contribution in [0.1, 0.15) is 42.0 Å². The van der Waals surface area contributed by atoms with Crippen molar-refractivity contribution in [3.05, 3.63) is 95.3 Å². The second kappa shape index (κ2) is 10.3. The van der Waals surface area contributed by atoms with Gasteiger partial charge in [-0.15, -0.1) is 0 Å². The molecule has 3 aliphatic heterocycles. The molecule has 6 rings (SSSR count). The van der Waals surface area contributed by atoms with E-state index in [2.05, 4.69) is 35.2 Å². The minimum Gasteiger partial charge on any atom is -0.454 e. The third kappa shape index (κ3) is 5.23. The lowest BCUT2D eigenvalue weighted by atomic mass is 9.90. The number of amides is 1. The quantitative estimate of drug-likeness (QED) is 0.469. The molecule has 1 saturated heterocycles. The van der Waals surface area contributed by atoms with E-state index in [4.69, 9.17) is 14.6 Å². The average Bonchev–Trinajstić information content (AvgIpc) is 3.58. The second-order valence-corrected chi connectivity index (χ2v) is 10.0. The number of likely N-dealkylation sites (tertiary alicyclic amines) is 1. The fraction of sp³-hybridized carbons (Fsp3) is 0.333. The Labute approximate surface area is 216 Å². The Morgan fingerprint density at radius 3 is 2.57 bits per heavy atom. The highest BCUT2D eigenvalue weighted by atomic mass is 19.1. The van der Waals surface area contributed by atoms with Crippen molar-refractivity contribution in [2.45, 2.75) is 31.7 Å². The molecule has 0 spiro atoms. The van der Waals surface area contributed by atoms with Gasteiger partial charge in [-0.1, -0.05) is 48.5 Å². The summed E-state index contributed by atoms with van der Waals surface area (Å²) in [5.41, 5.74) is 3.70. The molecule has 6 nitrogen and oxygen atoms in total. The zero-order chi connectivity index (χ0) is 25.2. The highest BCUT2D eigenvalue weighted by Crippen LogP contribution is 2.39. The van der Waals surface area contributed by atoms with Gasteiger partial charge in [0.05, 0.1) is 18.3 Å². The monoisotopic (exact) mass is 499 g/mol. The molecule has 0 saturated carbocycles. The summed E-state index contributed by atoms with van der Waals surface area (Å²) in [6.07, 6.45) is 3.74. The van der Waals surface area contributed by atoms with Crippen molar-refractivity contribution in [3.63, 3.8) is 0 Å². The van der Waals surface area contributed by atoms with Crippen molar-refractivity contribution in [3.8, 4) is 11.5 Å². The lowest BCUT2D eigenvalue weighted by Gasteiger charge is -2.33. The lowest BCUT2D eigenvalue weighted by Crippen LogP contribution is -2.42. The highest BCUT2D eigenvalue weighted by Gasteiger charge is 2.35. The van der Waals surface area contributed by atoms with Gasteiger partial charge >= 0.3 is 0 Å². The van der Waals surface area contributed by atoms with E-state index in [-0.39, 0.29) is 24.6 Å². The zero-order valence-electron chi connectivity index (χ0n) is 20.7. The number of benzene rings is 3. The van der Waals surface area contributed by atoms with Gasteiger partial charge in [-0.05, 0) is 73.7 Å². The van der Waals surface area contributed by atoms with Crippen LogP contribution in [0, 0.1) is 11.7 Å². The van der Waals surface area contributed by atoms with Gasteiger partial charge in [-0.25, -0.2) is 9.40 Å². The summed E-state index contributed by atoms with van der Waals surface area (Å²) >= 11 is 0. The van der Waals surface area contributed by atoms with Gasteiger partial charge in [0.1, 0.15) is 5.82 Å². The summed E-state index contributed by atoms with van der Waals surface area (Å²) < 4.78 is 25.0. The molecule has 1 unspecified atom stereocenters. The molecular formula is C30H30FN3O3. The molecule has 0 aliphatic carbocycles. The summed E-state index contributed by atoms with van der Waals surface area (Å²) in [7, 11) is 0. The molecule has 3 aromatic carbocycles. The Hall–Kier alpha value is -3.71. The molecule has 0 N–H and O–H groups in total. The summed E-state index contributed by atoms with van der Waals surface area (Å²) in [4.78, 5) is 15.8. The van der Waals surface area contributed by atoms with Crippen molar-refractivity contribution >= 4 is 11.6 Å². The molecule has 1 amide bonds. The number of hydrazone groups is 1. The number of halogens is 1. The van der Waals surface area contributed by atoms with Crippen LogP contribution in [-0.4, -0.2) is 48.0 Å².